The molecule has 0 aromatic rings. The number of carboxylic acid groups (broad SMARTS) is 1. The van der Waals surface area contributed by atoms with E-state index in [-0.39, 0.29) is 12.1 Å². The zero-order chi connectivity index (χ0) is 12.4. The number of aliphatic carboxylic acids is 1. The molecule has 0 aromatic carbocycles. The second-order valence-corrected chi connectivity index (χ2v) is 5.72. The molecule has 0 aromatic heterocycles. The van der Waals surface area contributed by atoms with Crippen LogP contribution in [0, 0.1) is 0 Å². The minimum absolute atomic E-state index is 0.0576. The molecule has 0 saturated heterocycles. The van der Waals surface area contributed by atoms with Crippen molar-refractivity contribution in [2.24, 2.45) is 0 Å². The van der Waals surface area contributed by atoms with Crippen molar-refractivity contribution < 1.29 is 15.0 Å². The Hall–Kier alpha value is -0.610. The van der Waals surface area contributed by atoms with Gasteiger partial charge in [-0.15, -0.1) is 0 Å². The molecule has 0 bridgehead atoms. The molecular weight excluding hydrogens is 218 g/mol. The van der Waals surface area contributed by atoms with E-state index in [2.05, 4.69) is 5.32 Å². The van der Waals surface area contributed by atoms with E-state index in [1.807, 2.05) is 0 Å². The number of hydrogen-bond donors (Lipinski definition) is 3. The van der Waals surface area contributed by atoms with Gasteiger partial charge in [-0.25, -0.2) is 0 Å². The first kappa shape index (κ1) is 12.8. The number of carbonyl (C=O) groups is 1. The summed E-state index contributed by atoms with van der Waals surface area (Å²) in [6.07, 6.45) is 8.45. The summed E-state index contributed by atoms with van der Waals surface area (Å²) in [5.74, 6) is -0.739. The Morgan fingerprint density at radius 2 is 1.53 bits per heavy atom. The largest absolute Gasteiger partial charge is 0.480 e. The van der Waals surface area contributed by atoms with Crippen LogP contribution < -0.4 is 5.32 Å². The highest BCUT2D eigenvalue weighted by molar-refractivity contribution is 5.79. The third-order valence-electron chi connectivity index (χ3n) is 4.48. The first-order valence-corrected chi connectivity index (χ1v) is 6.76. The molecule has 0 spiro atoms. The maximum atomic E-state index is 11.6. The van der Waals surface area contributed by atoms with E-state index in [1.165, 1.54) is 0 Å². The summed E-state index contributed by atoms with van der Waals surface area (Å²) in [7, 11) is 0. The molecular formula is C13H23NO3. The average Bonchev–Trinajstić information content (AvgIpc) is 2.79. The van der Waals surface area contributed by atoms with E-state index >= 15 is 0 Å². The maximum Gasteiger partial charge on any atom is 0.323 e. The van der Waals surface area contributed by atoms with Gasteiger partial charge in [0.1, 0.15) is 5.54 Å². The predicted octanol–water partition coefficient (Wildman–Crippen LogP) is 1.67. The van der Waals surface area contributed by atoms with Crippen molar-refractivity contribution in [1.29, 1.82) is 0 Å². The van der Waals surface area contributed by atoms with Gasteiger partial charge >= 0.3 is 5.97 Å². The molecule has 3 N–H and O–H groups in total. The quantitative estimate of drug-likeness (QED) is 0.700. The Bertz CT molecular complexity index is 278. The Balaban J connectivity index is 2.13. The van der Waals surface area contributed by atoms with Crippen molar-refractivity contribution in [2.75, 3.05) is 6.61 Å². The molecule has 2 aliphatic rings. The van der Waals surface area contributed by atoms with Crippen LogP contribution in [0.3, 0.4) is 0 Å². The lowest BCUT2D eigenvalue weighted by atomic mass is 9.79. The van der Waals surface area contributed by atoms with Gasteiger partial charge in [-0.3, -0.25) is 10.1 Å². The van der Waals surface area contributed by atoms with Gasteiger partial charge in [-0.05, 0) is 25.7 Å². The van der Waals surface area contributed by atoms with Crippen LogP contribution in [0.4, 0.5) is 0 Å². The monoisotopic (exact) mass is 241 g/mol. The van der Waals surface area contributed by atoms with Gasteiger partial charge in [0.25, 0.3) is 0 Å². The molecule has 4 nitrogen and oxygen atoms in total. The van der Waals surface area contributed by atoms with Crippen LogP contribution in [0.2, 0.25) is 0 Å². The lowest BCUT2D eigenvalue weighted by Crippen LogP contribution is -2.63. The third kappa shape index (κ3) is 2.47. The molecule has 0 atom stereocenters. The fourth-order valence-electron chi connectivity index (χ4n) is 3.43. The second-order valence-electron chi connectivity index (χ2n) is 5.72. The summed E-state index contributed by atoms with van der Waals surface area (Å²) < 4.78 is 0. The van der Waals surface area contributed by atoms with Gasteiger partial charge in [-0.1, -0.05) is 32.1 Å². The molecule has 2 saturated carbocycles. The fraction of sp³-hybridized carbons (Fsp3) is 0.923. The van der Waals surface area contributed by atoms with E-state index in [9.17, 15) is 15.0 Å². The van der Waals surface area contributed by atoms with Crippen LogP contribution in [0.5, 0.6) is 0 Å². The Kier molecular flexibility index (Phi) is 3.73. The number of carboxylic acids is 1. The third-order valence-corrected chi connectivity index (χ3v) is 4.48. The molecule has 4 heteroatoms. The molecule has 2 rings (SSSR count). The van der Waals surface area contributed by atoms with Crippen molar-refractivity contribution >= 4 is 5.97 Å². The normalized spacial score (nSPS) is 26.9. The van der Waals surface area contributed by atoms with Crippen molar-refractivity contribution in [1.82, 2.24) is 5.32 Å². The highest BCUT2D eigenvalue weighted by Gasteiger charge is 2.46. The Morgan fingerprint density at radius 1 is 1.00 bits per heavy atom. The summed E-state index contributed by atoms with van der Waals surface area (Å²) in [5.41, 5.74) is -1.12. The summed E-state index contributed by atoms with van der Waals surface area (Å²) in [6.45, 7) is 0.0576. The first-order chi connectivity index (χ1) is 8.13. The lowest BCUT2D eigenvalue weighted by molar-refractivity contribution is -0.148. The van der Waals surface area contributed by atoms with Crippen molar-refractivity contribution in [3.05, 3.63) is 0 Å². The lowest BCUT2D eigenvalue weighted by Gasteiger charge is -2.42. The molecule has 0 unspecified atom stereocenters. The molecule has 2 fully saturated rings. The minimum atomic E-state index is -0.786. The molecule has 0 radical (unpaired) electrons. The Labute approximate surface area is 102 Å². The van der Waals surface area contributed by atoms with E-state index < -0.39 is 11.5 Å². The number of hydrogen-bond acceptors (Lipinski definition) is 3. The standard InChI is InChI=1S/C13H23NO3/c15-10-12(6-4-5-7-12)14-13(11(16)17)8-2-1-3-9-13/h14-15H,1-10H2,(H,16,17). The molecule has 0 amide bonds. The van der Waals surface area contributed by atoms with Crippen molar-refractivity contribution in [3.63, 3.8) is 0 Å². The second kappa shape index (κ2) is 4.94. The summed E-state index contributed by atoms with van der Waals surface area (Å²) in [4.78, 5) is 11.6. The first-order valence-electron chi connectivity index (χ1n) is 6.76. The smallest absolute Gasteiger partial charge is 0.323 e. The van der Waals surface area contributed by atoms with Crippen molar-refractivity contribution in [3.8, 4) is 0 Å². The highest BCUT2D eigenvalue weighted by Crippen LogP contribution is 2.36. The zero-order valence-electron chi connectivity index (χ0n) is 10.4. The number of nitrogens with one attached hydrogen (secondary N) is 1. The molecule has 2 aliphatic carbocycles. The van der Waals surface area contributed by atoms with Gasteiger partial charge in [0.05, 0.1) is 6.61 Å². The molecule has 0 aliphatic heterocycles. The van der Waals surface area contributed by atoms with Crippen LogP contribution in [-0.2, 0) is 4.79 Å². The van der Waals surface area contributed by atoms with E-state index in [0.717, 1.165) is 44.9 Å². The van der Waals surface area contributed by atoms with Gasteiger partial charge in [0, 0.05) is 5.54 Å². The van der Waals surface area contributed by atoms with Crippen LogP contribution in [0.25, 0.3) is 0 Å². The topological polar surface area (TPSA) is 69.6 Å². The van der Waals surface area contributed by atoms with Gasteiger partial charge in [0.15, 0.2) is 0 Å². The van der Waals surface area contributed by atoms with Gasteiger partial charge in [0.2, 0.25) is 0 Å². The van der Waals surface area contributed by atoms with Crippen LogP contribution in [-0.4, -0.2) is 33.9 Å². The van der Waals surface area contributed by atoms with Crippen molar-refractivity contribution in [2.45, 2.75) is 68.9 Å². The summed E-state index contributed by atoms with van der Waals surface area (Å²) in [5, 5.41) is 22.4. The van der Waals surface area contributed by atoms with Crippen LogP contribution >= 0.6 is 0 Å². The van der Waals surface area contributed by atoms with E-state index in [1.54, 1.807) is 0 Å². The fourth-order valence-corrected chi connectivity index (χ4v) is 3.43. The minimum Gasteiger partial charge on any atom is -0.480 e. The van der Waals surface area contributed by atoms with E-state index in [4.69, 9.17) is 0 Å². The molecule has 98 valence electrons. The van der Waals surface area contributed by atoms with Crippen LogP contribution in [0.1, 0.15) is 57.8 Å². The number of aliphatic hydroxyl groups excluding tert-OH is 1. The summed E-state index contributed by atoms with van der Waals surface area (Å²) >= 11 is 0. The Morgan fingerprint density at radius 3 is 2.00 bits per heavy atom. The number of aliphatic hydroxyl groups is 1. The van der Waals surface area contributed by atoms with Crippen LogP contribution in [0.15, 0.2) is 0 Å². The molecule has 0 heterocycles. The highest BCUT2D eigenvalue weighted by atomic mass is 16.4. The number of rotatable bonds is 4. The SMILES string of the molecule is O=C(O)C1(NC2(CO)CCCC2)CCCCC1. The van der Waals surface area contributed by atoms with E-state index in [0.29, 0.717) is 12.8 Å². The summed E-state index contributed by atoms with van der Waals surface area (Å²) in [6, 6.07) is 0. The average molecular weight is 241 g/mol. The molecule has 17 heavy (non-hydrogen) atoms. The van der Waals surface area contributed by atoms with Gasteiger partial charge < -0.3 is 10.2 Å². The van der Waals surface area contributed by atoms with Gasteiger partial charge in [-0.2, -0.15) is 0 Å². The predicted molar refractivity (Wildman–Crippen MR) is 64.9 cm³/mol. The maximum absolute atomic E-state index is 11.6. The zero-order valence-corrected chi connectivity index (χ0v) is 10.4.